The summed E-state index contributed by atoms with van der Waals surface area (Å²) in [5.41, 5.74) is -10.5. The van der Waals surface area contributed by atoms with Gasteiger partial charge in [-0.3, -0.25) is 0 Å². The van der Waals surface area contributed by atoms with Gasteiger partial charge in [-0.15, -0.1) is 21.9 Å². The second-order valence-electron chi connectivity index (χ2n) is 16.5. The fraction of sp³-hybridized carbons (Fsp3) is 0.0192. The summed E-state index contributed by atoms with van der Waals surface area (Å²) >= 11 is 0. The Morgan fingerprint density at radius 2 is 0.595 bits per heavy atom. The zero-order chi connectivity index (χ0) is 53.6. The van der Waals surface area contributed by atoms with Crippen molar-refractivity contribution in [1.82, 2.24) is 0 Å². The van der Waals surface area contributed by atoms with Gasteiger partial charge in [0.2, 0.25) is 0 Å². The monoisotopic (exact) mass is 1050 g/mol. The molecular formula is C52H20BF20N. The molecule has 0 aliphatic carbocycles. The van der Waals surface area contributed by atoms with Gasteiger partial charge < -0.3 is 0 Å². The number of pyridine rings is 1. The van der Waals surface area contributed by atoms with Crippen molar-refractivity contribution in [3.05, 3.63) is 231 Å². The summed E-state index contributed by atoms with van der Waals surface area (Å²) in [6.07, 6.45) is -2.86. The van der Waals surface area contributed by atoms with Crippen LogP contribution in [-0.2, 0) is 6.54 Å². The van der Waals surface area contributed by atoms with Crippen molar-refractivity contribution in [2.24, 2.45) is 0 Å². The van der Waals surface area contributed by atoms with E-state index >= 15 is 35.1 Å². The molecule has 0 unspecified atom stereocenters. The number of halogens is 20. The zero-order valence-electron chi connectivity index (χ0n) is 36.2. The molecule has 0 saturated heterocycles. The molecule has 9 aromatic carbocycles. The SMILES string of the molecule is Fc1c(F)c(F)c([B-](c2c(F)c(F)c(F)c(F)c2F)(c2c(F)c(F)c(F)c(F)c2F)c2c(F)c(F)c(F)c(F)c2F)c(F)c1F.c1ccc(C[n+]2ccc(-c3ccc4ccc5cccc6ccc3c4c56)cc2)cc1. The van der Waals surface area contributed by atoms with Crippen LogP contribution in [0.2, 0.25) is 0 Å². The first kappa shape index (κ1) is 50.8. The van der Waals surface area contributed by atoms with E-state index in [1.807, 2.05) is 0 Å². The van der Waals surface area contributed by atoms with E-state index in [1.54, 1.807) is 0 Å². The van der Waals surface area contributed by atoms with Crippen LogP contribution in [-0.4, -0.2) is 6.15 Å². The fourth-order valence-electron chi connectivity index (χ4n) is 9.40. The van der Waals surface area contributed by atoms with Crippen molar-refractivity contribution >= 4 is 60.3 Å². The highest BCUT2D eigenvalue weighted by atomic mass is 19.2. The standard InChI is InChI=1S/C28H20N.C24BF20/c1-2-5-20(6-3-1)19-29-17-15-21(16-18-29)25-13-11-24-10-9-22-7-4-8-23-12-14-26(25)28(24)27(22)23;26-5-1(6(27)14(35)21(42)13(5)34)25(2-7(28)15(36)22(43)16(37)8(2)29,3-9(30)17(38)23(44)18(39)10(3)31)4-11(32)19(40)24(45)20(41)12(4)33/h1-18H,19H2;/q+1;-1. The molecule has 376 valence electrons. The molecule has 74 heavy (non-hydrogen) atoms. The molecule has 0 aliphatic heterocycles. The van der Waals surface area contributed by atoms with Crippen molar-refractivity contribution in [2.75, 3.05) is 0 Å². The summed E-state index contributed by atoms with van der Waals surface area (Å²) in [4.78, 5) is 0. The maximum Gasteiger partial charge on any atom is 0.200 e. The summed E-state index contributed by atoms with van der Waals surface area (Å²) in [5.74, 6) is -71.4. The number of aromatic nitrogens is 1. The largest absolute Gasteiger partial charge is 0.207 e. The van der Waals surface area contributed by atoms with Gasteiger partial charge in [0.25, 0.3) is 0 Å². The van der Waals surface area contributed by atoms with Crippen LogP contribution in [0.4, 0.5) is 87.8 Å². The molecule has 0 saturated carbocycles. The molecule has 1 aromatic heterocycles. The lowest BCUT2D eigenvalue weighted by Gasteiger charge is -2.44. The van der Waals surface area contributed by atoms with Crippen LogP contribution < -0.4 is 26.4 Å². The first-order valence-electron chi connectivity index (χ1n) is 21.0. The normalized spacial score (nSPS) is 11.8. The lowest BCUT2D eigenvalue weighted by molar-refractivity contribution is -0.688. The number of hydrogen-bond donors (Lipinski definition) is 0. The average molecular weight is 1050 g/mol. The molecule has 0 aliphatic rings. The Hall–Kier alpha value is -8.17. The summed E-state index contributed by atoms with van der Waals surface area (Å²) in [5, 5.41) is 8.01. The fourth-order valence-corrected chi connectivity index (χ4v) is 9.40. The first-order chi connectivity index (χ1) is 35.1. The predicted octanol–water partition coefficient (Wildman–Crippen LogP) is 12.4. The van der Waals surface area contributed by atoms with Crippen LogP contribution in [0, 0.1) is 116 Å². The van der Waals surface area contributed by atoms with Gasteiger partial charge in [0.1, 0.15) is 52.7 Å². The molecule has 0 fully saturated rings. The number of benzene rings is 9. The number of nitrogens with zero attached hydrogens (tertiary/aromatic N) is 1. The smallest absolute Gasteiger partial charge is 0.200 e. The van der Waals surface area contributed by atoms with E-state index in [0.717, 1.165) is 6.54 Å². The molecule has 0 spiro atoms. The van der Waals surface area contributed by atoms with E-state index in [0.29, 0.717) is 0 Å². The van der Waals surface area contributed by atoms with Gasteiger partial charge in [0.15, 0.2) is 88.7 Å². The molecule has 10 aromatic rings. The van der Waals surface area contributed by atoms with Gasteiger partial charge in [0.05, 0.1) is 0 Å². The van der Waals surface area contributed by atoms with Crippen LogP contribution >= 0.6 is 0 Å². The third-order valence-electron chi connectivity index (χ3n) is 12.6. The van der Waals surface area contributed by atoms with Gasteiger partial charge >= 0.3 is 0 Å². The molecule has 1 heterocycles. The molecule has 0 radical (unpaired) electrons. The van der Waals surface area contributed by atoms with Gasteiger partial charge in [-0.05, 0) is 43.4 Å². The van der Waals surface area contributed by atoms with Crippen LogP contribution in [0.1, 0.15) is 5.56 Å². The van der Waals surface area contributed by atoms with Crippen LogP contribution in [0.3, 0.4) is 0 Å². The minimum Gasteiger partial charge on any atom is -0.207 e. The predicted molar refractivity (Wildman–Crippen MR) is 231 cm³/mol. The van der Waals surface area contributed by atoms with Gasteiger partial charge in [0, 0.05) is 17.7 Å². The molecule has 0 bridgehead atoms. The second-order valence-corrected chi connectivity index (χ2v) is 16.5. The van der Waals surface area contributed by atoms with Gasteiger partial charge in [-0.2, -0.15) is 0 Å². The molecular weight excluding hydrogens is 1030 g/mol. The Morgan fingerprint density at radius 3 is 0.959 bits per heavy atom. The average Bonchev–Trinajstić information content (AvgIpc) is 3.41. The Bertz CT molecular complexity index is 3530. The summed E-state index contributed by atoms with van der Waals surface area (Å²) in [6.45, 7) is 0.888. The molecule has 22 heteroatoms. The third kappa shape index (κ3) is 7.54. The van der Waals surface area contributed by atoms with Crippen LogP contribution in [0.25, 0.3) is 43.4 Å². The van der Waals surface area contributed by atoms with Crippen LogP contribution in [0.5, 0.6) is 0 Å². The Balaban J connectivity index is 0.000000198. The van der Waals surface area contributed by atoms with Crippen molar-refractivity contribution < 1.29 is 92.4 Å². The van der Waals surface area contributed by atoms with Crippen molar-refractivity contribution in [1.29, 1.82) is 0 Å². The summed E-state index contributed by atoms with van der Waals surface area (Å²) in [7, 11) is 0. The molecule has 1 nitrogen and oxygen atoms in total. The van der Waals surface area contributed by atoms with E-state index in [-0.39, 0.29) is 0 Å². The molecule has 0 N–H and O–H groups in total. The van der Waals surface area contributed by atoms with E-state index in [2.05, 4.69) is 114 Å². The quantitative estimate of drug-likeness (QED) is 0.0374. The molecule has 0 atom stereocenters. The van der Waals surface area contributed by atoms with Crippen molar-refractivity contribution in [3.63, 3.8) is 0 Å². The maximum absolute atomic E-state index is 15.4. The lowest BCUT2D eigenvalue weighted by Crippen LogP contribution is -2.81. The van der Waals surface area contributed by atoms with E-state index in [9.17, 15) is 52.7 Å². The molecule has 0 amide bonds. The van der Waals surface area contributed by atoms with E-state index < -0.39 is 144 Å². The summed E-state index contributed by atoms with van der Waals surface area (Å²) in [6, 6.07) is 35.1. The highest BCUT2D eigenvalue weighted by Gasteiger charge is 2.52. The van der Waals surface area contributed by atoms with Crippen LogP contribution in [0.15, 0.2) is 109 Å². The first-order valence-corrected chi connectivity index (χ1v) is 21.0. The topological polar surface area (TPSA) is 3.88 Å². The minimum atomic E-state index is -7.22. The van der Waals surface area contributed by atoms with Crippen molar-refractivity contribution in [2.45, 2.75) is 6.54 Å². The Kier molecular flexibility index (Phi) is 12.8. The van der Waals surface area contributed by atoms with Gasteiger partial charge in [-0.25, -0.2) is 92.4 Å². The number of rotatable bonds is 7. The zero-order valence-corrected chi connectivity index (χ0v) is 36.2. The minimum absolute atomic E-state index is 0.888. The van der Waals surface area contributed by atoms with Gasteiger partial charge in [-0.1, -0.05) is 84.9 Å². The highest BCUT2D eigenvalue weighted by Crippen LogP contribution is 2.39. The van der Waals surface area contributed by atoms with Crippen molar-refractivity contribution in [3.8, 4) is 11.1 Å². The third-order valence-corrected chi connectivity index (χ3v) is 12.6. The Labute approximate surface area is 401 Å². The number of hydrogen-bond acceptors (Lipinski definition) is 0. The maximum atomic E-state index is 15.4. The second kappa shape index (κ2) is 18.7. The van der Waals surface area contributed by atoms with E-state index in [4.69, 9.17) is 0 Å². The lowest BCUT2D eigenvalue weighted by atomic mass is 9.12. The van der Waals surface area contributed by atoms with E-state index in [1.165, 1.54) is 49.0 Å². The highest BCUT2D eigenvalue weighted by molar-refractivity contribution is 7.20. The Morgan fingerprint density at radius 1 is 0.284 bits per heavy atom. The molecule has 10 rings (SSSR count). The summed E-state index contributed by atoms with van der Waals surface area (Å²) < 4.78 is 296.